The Hall–Kier alpha value is -2.75. The summed E-state index contributed by atoms with van der Waals surface area (Å²) in [4.78, 5) is 17.8. The number of hydrogen-bond acceptors (Lipinski definition) is 6. The highest BCUT2D eigenvalue weighted by atomic mass is 19.1. The molecule has 1 amide bonds. The summed E-state index contributed by atoms with van der Waals surface area (Å²) in [5.41, 5.74) is -1.38. The minimum atomic E-state index is -1.36. The Labute approximate surface area is 204 Å². The topological polar surface area (TPSA) is 76.5 Å². The number of benzene rings is 2. The molecule has 9 heteroatoms. The van der Waals surface area contributed by atoms with Gasteiger partial charge < -0.3 is 24.7 Å². The van der Waals surface area contributed by atoms with Gasteiger partial charge in [0.05, 0.1) is 12.1 Å². The van der Waals surface area contributed by atoms with E-state index in [0.717, 1.165) is 5.69 Å². The lowest BCUT2D eigenvalue weighted by Crippen LogP contribution is -2.55. The maximum Gasteiger partial charge on any atom is 0.219 e. The number of β-amino-alcohol motifs (C(OH)–C–C–N with tert-alkyl or cyclic N) is 2. The molecule has 2 aromatic carbocycles. The molecule has 2 aromatic rings. The third-order valence-electron chi connectivity index (χ3n) is 6.86. The second-order valence-electron chi connectivity index (χ2n) is 9.81. The number of rotatable bonds is 6. The van der Waals surface area contributed by atoms with Crippen LogP contribution in [0.4, 0.5) is 14.5 Å². The van der Waals surface area contributed by atoms with Crippen molar-refractivity contribution < 1.29 is 28.5 Å². The smallest absolute Gasteiger partial charge is 0.219 e. The summed E-state index contributed by atoms with van der Waals surface area (Å²) in [5.74, 6) is -0.368. The van der Waals surface area contributed by atoms with Crippen LogP contribution in [0.1, 0.15) is 19.8 Å². The zero-order chi connectivity index (χ0) is 25.1. The normalized spacial score (nSPS) is 23.1. The van der Waals surface area contributed by atoms with Crippen molar-refractivity contribution in [3.63, 3.8) is 0 Å². The molecule has 2 saturated heterocycles. The maximum absolute atomic E-state index is 13.2. The third-order valence-corrected chi connectivity index (χ3v) is 6.86. The van der Waals surface area contributed by atoms with Gasteiger partial charge in [-0.15, -0.1) is 0 Å². The summed E-state index contributed by atoms with van der Waals surface area (Å²) in [7, 11) is 0. The minimum absolute atomic E-state index is 0.0737. The minimum Gasteiger partial charge on any atom is -0.490 e. The van der Waals surface area contributed by atoms with Gasteiger partial charge >= 0.3 is 0 Å². The first-order chi connectivity index (χ1) is 16.6. The van der Waals surface area contributed by atoms with Crippen molar-refractivity contribution in [3.05, 3.63) is 60.2 Å². The molecule has 0 aliphatic carbocycles. The molecule has 0 radical (unpaired) electrons. The van der Waals surface area contributed by atoms with E-state index in [-0.39, 0.29) is 37.2 Å². The predicted octanol–water partition coefficient (Wildman–Crippen LogP) is 2.27. The zero-order valence-corrected chi connectivity index (χ0v) is 20.0. The monoisotopic (exact) mass is 489 g/mol. The SMILES string of the molecule is CC(=O)N1CCN(CC2(O)CCN(c3ccc(F)cc3)CC2)C[C@@](O)(COc2ccc(F)cc2)C1. The van der Waals surface area contributed by atoms with Gasteiger partial charge in [-0.05, 0) is 61.4 Å². The van der Waals surface area contributed by atoms with E-state index in [1.165, 1.54) is 43.3 Å². The fourth-order valence-electron chi connectivity index (χ4n) is 4.89. The van der Waals surface area contributed by atoms with Gasteiger partial charge in [-0.1, -0.05) is 0 Å². The average molecular weight is 490 g/mol. The van der Waals surface area contributed by atoms with Gasteiger partial charge in [0.25, 0.3) is 0 Å². The summed E-state index contributed by atoms with van der Waals surface area (Å²) < 4.78 is 32.2. The van der Waals surface area contributed by atoms with E-state index in [2.05, 4.69) is 4.90 Å². The number of aliphatic hydroxyl groups is 2. The highest BCUT2D eigenvalue weighted by Crippen LogP contribution is 2.29. The van der Waals surface area contributed by atoms with Crippen LogP contribution in [0.3, 0.4) is 0 Å². The molecule has 7 nitrogen and oxygen atoms in total. The van der Waals surface area contributed by atoms with Gasteiger partial charge in [0.2, 0.25) is 5.91 Å². The molecule has 0 spiro atoms. The maximum atomic E-state index is 13.2. The lowest BCUT2D eigenvalue weighted by molar-refractivity contribution is -0.132. The summed E-state index contributed by atoms with van der Waals surface area (Å²) in [5, 5.41) is 22.8. The lowest BCUT2D eigenvalue weighted by atomic mass is 9.90. The number of nitrogens with zero attached hydrogens (tertiary/aromatic N) is 3. The van der Waals surface area contributed by atoms with Gasteiger partial charge in [0, 0.05) is 51.9 Å². The Morgan fingerprint density at radius 3 is 2.09 bits per heavy atom. The van der Waals surface area contributed by atoms with Gasteiger partial charge in [-0.3, -0.25) is 9.69 Å². The molecule has 35 heavy (non-hydrogen) atoms. The van der Waals surface area contributed by atoms with E-state index < -0.39 is 11.2 Å². The molecular formula is C26H33F2N3O4. The van der Waals surface area contributed by atoms with E-state index in [1.807, 2.05) is 4.90 Å². The average Bonchev–Trinajstić information content (AvgIpc) is 2.98. The van der Waals surface area contributed by atoms with Gasteiger partial charge in [0.1, 0.15) is 29.6 Å². The Morgan fingerprint density at radius 1 is 0.886 bits per heavy atom. The van der Waals surface area contributed by atoms with E-state index in [4.69, 9.17) is 4.74 Å². The summed E-state index contributed by atoms with van der Waals surface area (Å²) >= 11 is 0. The molecule has 0 aromatic heterocycles. The first-order valence-electron chi connectivity index (χ1n) is 11.9. The van der Waals surface area contributed by atoms with E-state index in [1.54, 1.807) is 17.0 Å². The van der Waals surface area contributed by atoms with Crippen molar-refractivity contribution in [2.45, 2.75) is 31.0 Å². The number of anilines is 1. The predicted molar refractivity (Wildman–Crippen MR) is 128 cm³/mol. The number of carbonyl (C=O) groups excluding carboxylic acids is 1. The standard InChI is InChI=1S/C26H33F2N3O4/c1-20(32)31-15-14-29(17-26(34,18-31)19-35-24-8-4-22(28)5-9-24)16-25(33)10-12-30(13-11-25)23-6-2-21(27)3-7-23/h2-9,33-34H,10-19H2,1H3/t26-/m0/s1. The molecule has 2 aliphatic heterocycles. The number of ether oxygens (including phenoxy) is 1. The van der Waals surface area contributed by atoms with Crippen LogP contribution in [0.15, 0.2) is 48.5 Å². The van der Waals surface area contributed by atoms with Gasteiger partial charge in [-0.2, -0.15) is 0 Å². The molecule has 2 aliphatic rings. The van der Waals surface area contributed by atoms with Crippen molar-refractivity contribution in [2.75, 3.05) is 57.3 Å². The second-order valence-corrected chi connectivity index (χ2v) is 9.81. The summed E-state index contributed by atoms with van der Waals surface area (Å²) in [6.07, 6.45) is 1.06. The van der Waals surface area contributed by atoms with Crippen molar-refractivity contribution in [1.29, 1.82) is 0 Å². The molecule has 4 rings (SSSR count). The Balaban J connectivity index is 1.40. The van der Waals surface area contributed by atoms with Crippen molar-refractivity contribution in [2.24, 2.45) is 0 Å². The molecule has 1 atom stereocenters. The molecule has 2 heterocycles. The molecule has 0 bridgehead atoms. The van der Waals surface area contributed by atoms with Gasteiger partial charge in [-0.25, -0.2) is 8.78 Å². The van der Waals surface area contributed by atoms with E-state index >= 15 is 0 Å². The van der Waals surface area contributed by atoms with Crippen LogP contribution in [-0.2, 0) is 4.79 Å². The summed E-state index contributed by atoms with van der Waals surface area (Å²) in [6.45, 7) is 4.30. The van der Waals surface area contributed by atoms with Crippen LogP contribution in [0.2, 0.25) is 0 Å². The van der Waals surface area contributed by atoms with Crippen LogP contribution < -0.4 is 9.64 Å². The highest BCUT2D eigenvalue weighted by Gasteiger charge is 2.40. The van der Waals surface area contributed by atoms with Crippen molar-refractivity contribution in [1.82, 2.24) is 9.80 Å². The van der Waals surface area contributed by atoms with Crippen LogP contribution in [0.25, 0.3) is 0 Å². The molecular weight excluding hydrogens is 456 g/mol. The van der Waals surface area contributed by atoms with Crippen LogP contribution in [-0.4, -0.2) is 89.5 Å². The van der Waals surface area contributed by atoms with Crippen LogP contribution >= 0.6 is 0 Å². The van der Waals surface area contributed by atoms with Crippen molar-refractivity contribution >= 4 is 11.6 Å². The largest absolute Gasteiger partial charge is 0.490 e. The number of amides is 1. The van der Waals surface area contributed by atoms with Crippen LogP contribution in [0.5, 0.6) is 5.75 Å². The molecule has 2 fully saturated rings. The second kappa shape index (κ2) is 10.5. The lowest BCUT2D eigenvalue weighted by Gasteiger charge is -2.42. The molecule has 0 unspecified atom stereocenters. The Kier molecular flexibility index (Phi) is 7.59. The van der Waals surface area contributed by atoms with E-state index in [0.29, 0.717) is 51.3 Å². The fraction of sp³-hybridized carbons (Fsp3) is 0.500. The Bertz CT molecular complexity index is 997. The third kappa shape index (κ3) is 6.68. The number of piperidine rings is 1. The number of halogens is 2. The number of carbonyl (C=O) groups is 1. The quantitative estimate of drug-likeness (QED) is 0.649. The number of hydrogen-bond donors (Lipinski definition) is 2. The molecule has 0 saturated carbocycles. The fourth-order valence-corrected chi connectivity index (χ4v) is 4.89. The zero-order valence-electron chi connectivity index (χ0n) is 20.0. The molecule has 190 valence electrons. The molecule has 2 N–H and O–H groups in total. The first kappa shape index (κ1) is 25.3. The highest BCUT2D eigenvalue weighted by molar-refractivity contribution is 5.73. The Morgan fingerprint density at radius 2 is 1.49 bits per heavy atom. The summed E-state index contributed by atoms with van der Waals surface area (Å²) in [6, 6.07) is 11.9. The van der Waals surface area contributed by atoms with Crippen LogP contribution in [0, 0.1) is 11.6 Å². The van der Waals surface area contributed by atoms with Crippen molar-refractivity contribution in [3.8, 4) is 5.75 Å². The van der Waals surface area contributed by atoms with Gasteiger partial charge in [0.15, 0.2) is 0 Å². The first-order valence-corrected chi connectivity index (χ1v) is 11.9. The van der Waals surface area contributed by atoms with E-state index in [9.17, 15) is 23.8 Å².